The maximum absolute atomic E-state index is 6.72. The summed E-state index contributed by atoms with van der Waals surface area (Å²) in [6, 6.07) is 79.3. The Balaban J connectivity index is 1.02. The number of hydrogen-bond acceptors (Lipinski definition) is 1. The standard InChI is InChI=1S/C58H36O/c1-3-15-37(16-4-1)38-27-29-40(30-28-38)56-46-21-9-11-23-48(46)57(49-24-12-10-22-47(49)56)41-32-34-53-52(35-41)43-33-31-42(36-54(43)59-53)58-50-25-13-7-19-44(50)55(39-17-5-2-6-18-39)45-20-8-14-26-51(45)58/h1-36H. The Kier molecular flexibility index (Phi) is 7.61. The van der Waals surface area contributed by atoms with Gasteiger partial charge in [-0.15, -0.1) is 0 Å². The molecule has 1 nitrogen and oxygen atoms in total. The zero-order valence-electron chi connectivity index (χ0n) is 32.2. The van der Waals surface area contributed by atoms with Crippen LogP contribution in [-0.4, -0.2) is 0 Å². The largest absolute Gasteiger partial charge is 0.456 e. The summed E-state index contributed by atoms with van der Waals surface area (Å²) in [6.45, 7) is 0. The van der Waals surface area contributed by atoms with E-state index in [0.29, 0.717) is 0 Å². The normalized spacial score (nSPS) is 11.7. The molecule has 0 saturated carbocycles. The second kappa shape index (κ2) is 13.4. The van der Waals surface area contributed by atoms with Crippen LogP contribution in [0.5, 0.6) is 0 Å². The van der Waals surface area contributed by atoms with Gasteiger partial charge < -0.3 is 4.42 Å². The molecule has 0 atom stereocenters. The number of benzene rings is 11. The SMILES string of the molecule is c1ccc(-c2ccc(-c3c4ccccc4c(-c4ccc5oc6cc(-c7c8ccccc8c(-c8ccccc8)c8ccccc78)ccc6c5c4)c4ccccc34)cc2)cc1. The molecule has 0 saturated heterocycles. The molecule has 0 amide bonds. The van der Waals surface area contributed by atoms with Gasteiger partial charge in [-0.2, -0.15) is 0 Å². The average molecular weight is 749 g/mol. The lowest BCUT2D eigenvalue weighted by Crippen LogP contribution is -1.91. The zero-order valence-corrected chi connectivity index (χ0v) is 32.2. The fourth-order valence-corrected chi connectivity index (χ4v) is 9.65. The van der Waals surface area contributed by atoms with Gasteiger partial charge in [0.05, 0.1) is 0 Å². The van der Waals surface area contributed by atoms with Crippen LogP contribution in [0.1, 0.15) is 0 Å². The van der Waals surface area contributed by atoms with Crippen LogP contribution in [-0.2, 0) is 0 Å². The summed E-state index contributed by atoms with van der Waals surface area (Å²) in [7, 11) is 0. The fourth-order valence-electron chi connectivity index (χ4n) is 9.65. The van der Waals surface area contributed by atoms with Crippen molar-refractivity contribution in [2.75, 3.05) is 0 Å². The highest BCUT2D eigenvalue weighted by molar-refractivity contribution is 6.24. The molecule has 0 unspecified atom stereocenters. The predicted molar refractivity (Wildman–Crippen MR) is 251 cm³/mol. The Morgan fingerprint density at radius 1 is 0.186 bits per heavy atom. The summed E-state index contributed by atoms with van der Waals surface area (Å²) in [5.41, 5.74) is 14.0. The first-order valence-electron chi connectivity index (χ1n) is 20.3. The molecule has 12 aromatic rings. The monoisotopic (exact) mass is 748 g/mol. The van der Waals surface area contributed by atoms with E-state index >= 15 is 0 Å². The number of fused-ring (bicyclic) bond motifs is 7. The molecule has 274 valence electrons. The van der Waals surface area contributed by atoms with E-state index in [1.165, 1.54) is 93.2 Å². The molecule has 12 rings (SSSR count). The van der Waals surface area contributed by atoms with Crippen LogP contribution < -0.4 is 0 Å². The van der Waals surface area contributed by atoms with Crippen LogP contribution in [0.2, 0.25) is 0 Å². The molecule has 0 aliphatic rings. The highest BCUT2D eigenvalue weighted by atomic mass is 16.3. The highest BCUT2D eigenvalue weighted by Crippen LogP contribution is 2.47. The van der Waals surface area contributed by atoms with E-state index in [1.54, 1.807) is 0 Å². The lowest BCUT2D eigenvalue weighted by Gasteiger charge is -2.18. The smallest absolute Gasteiger partial charge is 0.136 e. The van der Waals surface area contributed by atoms with Gasteiger partial charge in [-0.25, -0.2) is 0 Å². The Labute approximate surface area is 342 Å². The summed E-state index contributed by atoms with van der Waals surface area (Å²) in [5, 5.41) is 12.2. The highest BCUT2D eigenvalue weighted by Gasteiger charge is 2.20. The van der Waals surface area contributed by atoms with E-state index in [0.717, 1.165) is 27.5 Å². The molecule has 0 aliphatic heterocycles. The van der Waals surface area contributed by atoms with Gasteiger partial charge in [-0.05, 0) is 123 Å². The average Bonchev–Trinajstić information content (AvgIpc) is 3.67. The number of hydrogen-bond donors (Lipinski definition) is 0. The van der Waals surface area contributed by atoms with E-state index < -0.39 is 0 Å². The van der Waals surface area contributed by atoms with E-state index in [9.17, 15) is 0 Å². The summed E-state index contributed by atoms with van der Waals surface area (Å²) in [4.78, 5) is 0. The van der Waals surface area contributed by atoms with Gasteiger partial charge in [0.15, 0.2) is 0 Å². The van der Waals surface area contributed by atoms with Gasteiger partial charge in [-0.1, -0.05) is 194 Å². The van der Waals surface area contributed by atoms with Crippen LogP contribution in [0, 0.1) is 0 Å². The third kappa shape index (κ3) is 5.33. The zero-order chi connectivity index (χ0) is 38.9. The lowest BCUT2D eigenvalue weighted by molar-refractivity contribution is 0.669. The number of rotatable bonds is 5. The van der Waals surface area contributed by atoms with Crippen LogP contribution in [0.3, 0.4) is 0 Å². The molecule has 1 heteroatoms. The summed E-state index contributed by atoms with van der Waals surface area (Å²) in [5.74, 6) is 0. The predicted octanol–water partition coefficient (Wildman–Crippen LogP) is 16.5. The van der Waals surface area contributed by atoms with Gasteiger partial charge in [0, 0.05) is 10.8 Å². The third-order valence-corrected chi connectivity index (χ3v) is 12.3. The summed E-state index contributed by atoms with van der Waals surface area (Å²) in [6.07, 6.45) is 0. The first kappa shape index (κ1) is 33.4. The van der Waals surface area contributed by atoms with Crippen molar-refractivity contribution in [3.63, 3.8) is 0 Å². The quantitative estimate of drug-likeness (QED) is 0.160. The van der Waals surface area contributed by atoms with Gasteiger partial charge in [0.2, 0.25) is 0 Å². The molecular formula is C58H36O. The fraction of sp³-hybridized carbons (Fsp3) is 0. The molecule has 0 spiro atoms. The summed E-state index contributed by atoms with van der Waals surface area (Å²) >= 11 is 0. The molecule has 0 radical (unpaired) electrons. The van der Waals surface area contributed by atoms with Crippen molar-refractivity contribution in [1.29, 1.82) is 0 Å². The van der Waals surface area contributed by atoms with Gasteiger partial charge >= 0.3 is 0 Å². The van der Waals surface area contributed by atoms with E-state index in [1.807, 2.05) is 0 Å². The van der Waals surface area contributed by atoms with Gasteiger partial charge in [-0.3, -0.25) is 0 Å². The molecule has 0 aliphatic carbocycles. The minimum atomic E-state index is 0.888. The van der Waals surface area contributed by atoms with Crippen molar-refractivity contribution in [3.05, 3.63) is 218 Å². The molecule has 1 aromatic heterocycles. The van der Waals surface area contributed by atoms with E-state index in [4.69, 9.17) is 4.42 Å². The summed E-state index contributed by atoms with van der Waals surface area (Å²) < 4.78 is 6.72. The Bertz CT molecular complexity index is 3460. The lowest BCUT2D eigenvalue weighted by atomic mass is 9.85. The molecule has 59 heavy (non-hydrogen) atoms. The third-order valence-electron chi connectivity index (χ3n) is 12.3. The van der Waals surface area contributed by atoms with Crippen molar-refractivity contribution in [2.24, 2.45) is 0 Å². The van der Waals surface area contributed by atoms with E-state index in [-0.39, 0.29) is 0 Å². The van der Waals surface area contributed by atoms with E-state index in [2.05, 4.69) is 218 Å². The van der Waals surface area contributed by atoms with Crippen molar-refractivity contribution in [2.45, 2.75) is 0 Å². The first-order valence-corrected chi connectivity index (χ1v) is 20.3. The minimum absolute atomic E-state index is 0.888. The molecular weight excluding hydrogens is 713 g/mol. The van der Waals surface area contributed by atoms with Crippen LogP contribution in [0.4, 0.5) is 0 Å². The Morgan fingerprint density at radius 3 is 0.983 bits per heavy atom. The number of furan rings is 1. The molecule has 0 fully saturated rings. The van der Waals surface area contributed by atoms with Gasteiger partial charge in [0.25, 0.3) is 0 Å². The maximum Gasteiger partial charge on any atom is 0.136 e. The first-order chi connectivity index (χ1) is 29.3. The van der Waals surface area contributed by atoms with Crippen molar-refractivity contribution < 1.29 is 4.42 Å². The van der Waals surface area contributed by atoms with Gasteiger partial charge in [0.1, 0.15) is 11.2 Å². The maximum atomic E-state index is 6.72. The minimum Gasteiger partial charge on any atom is -0.456 e. The molecule has 0 bridgehead atoms. The van der Waals surface area contributed by atoms with Crippen LogP contribution >= 0.6 is 0 Å². The Hall–Kier alpha value is -7.74. The van der Waals surface area contributed by atoms with Crippen molar-refractivity contribution in [1.82, 2.24) is 0 Å². The van der Waals surface area contributed by atoms with Crippen LogP contribution in [0.15, 0.2) is 223 Å². The van der Waals surface area contributed by atoms with Crippen LogP contribution in [0.25, 0.3) is 121 Å². The second-order valence-electron chi connectivity index (χ2n) is 15.5. The molecule has 1 heterocycles. The van der Waals surface area contributed by atoms with Crippen molar-refractivity contribution >= 4 is 65.0 Å². The second-order valence-corrected chi connectivity index (χ2v) is 15.5. The Morgan fingerprint density at radius 2 is 0.508 bits per heavy atom. The molecule has 0 N–H and O–H groups in total. The molecule has 11 aromatic carbocycles. The van der Waals surface area contributed by atoms with Crippen molar-refractivity contribution in [3.8, 4) is 55.6 Å². The topological polar surface area (TPSA) is 13.1 Å².